The van der Waals surface area contributed by atoms with Gasteiger partial charge in [0.15, 0.2) is 0 Å². The lowest BCUT2D eigenvalue weighted by Gasteiger charge is -2.31. The van der Waals surface area contributed by atoms with Crippen LogP contribution in [0.5, 0.6) is 0 Å². The van der Waals surface area contributed by atoms with Crippen LogP contribution in [0.4, 0.5) is 0 Å². The Hall–Kier alpha value is -3.73. The molecule has 5 heteroatoms. The maximum atomic E-state index is 12.9. The van der Waals surface area contributed by atoms with Crippen LogP contribution in [0.25, 0.3) is 10.8 Å². The van der Waals surface area contributed by atoms with Crippen LogP contribution in [0.3, 0.4) is 0 Å². The van der Waals surface area contributed by atoms with Gasteiger partial charge in [-0.2, -0.15) is 0 Å². The van der Waals surface area contributed by atoms with Crippen LogP contribution in [-0.2, 0) is 26.2 Å². The zero-order chi connectivity index (χ0) is 21.7. The van der Waals surface area contributed by atoms with Gasteiger partial charge in [0, 0.05) is 12.8 Å². The highest BCUT2D eigenvalue weighted by molar-refractivity contribution is 6.06. The highest BCUT2D eigenvalue weighted by Crippen LogP contribution is 2.40. The first-order valence-corrected chi connectivity index (χ1v) is 9.56. The summed E-state index contributed by atoms with van der Waals surface area (Å²) in [5.41, 5.74) is -1.37. The average Bonchev–Trinajstić information content (AvgIpc) is 2.75. The van der Waals surface area contributed by atoms with E-state index in [1.54, 1.807) is 24.3 Å². The van der Waals surface area contributed by atoms with E-state index < -0.39 is 29.3 Å². The summed E-state index contributed by atoms with van der Waals surface area (Å²) in [5, 5.41) is 21.2. The first kappa shape index (κ1) is 21.0. The number of fused-ring (bicyclic) bond motifs is 1. The quantitative estimate of drug-likeness (QED) is 0.518. The smallest absolute Gasteiger partial charge is 0.332 e. The van der Waals surface area contributed by atoms with Crippen molar-refractivity contribution in [2.24, 2.45) is 0 Å². The number of benzene rings is 3. The minimum Gasteiger partial charge on any atom is -0.480 e. The third-order valence-corrected chi connectivity index (χ3v) is 5.39. The van der Waals surface area contributed by atoms with Crippen molar-refractivity contribution in [3.8, 4) is 0 Å². The average molecular weight is 402 g/mol. The second-order valence-electron chi connectivity index (χ2n) is 7.22. The van der Waals surface area contributed by atoms with Crippen molar-refractivity contribution in [1.82, 2.24) is 0 Å². The van der Waals surface area contributed by atoms with Gasteiger partial charge < -0.3 is 10.2 Å². The van der Waals surface area contributed by atoms with Crippen LogP contribution < -0.4 is 0 Å². The Labute approximate surface area is 174 Å². The van der Waals surface area contributed by atoms with Crippen molar-refractivity contribution in [2.75, 3.05) is 0 Å². The zero-order valence-electron chi connectivity index (χ0n) is 16.4. The number of hydrogen-bond donors (Lipinski definition) is 2. The fraction of sp³-hybridized carbons (Fsp3) is 0.160. The molecule has 1 atom stereocenters. The number of Topliss-reactive ketones (excluding diaryl/α,β-unsaturated/α-hetero) is 1. The van der Waals surface area contributed by atoms with E-state index in [4.69, 9.17) is 0 Å². The molecule has 0 saturated carbocycles. The van der Waals surface area contributed by atoms with E-state index in [0.717, 1.165) is 10.9 Å². The molecule has 0 aliphatic rings. The summed E-state index contributed by atoms with van der Waals surface area (Å²) < 4.78 is 0. The largest absolute Gasteiger partial charge is 0.480 e. The molecular formula is C25H22O5. The number of ketones is 1. The maximum absolute atomic E-state index is 12.9. The Balaban J connectivity index is 2.06. The lowest BCUT2D eigenvalue weighted by atomic mass is 9.69. The molecule has 0 aliphatic carbocycles. The Kier molecular flexibility index (Phi) is 6.11. The van der Waals surface area contributed by atoms with E-state index in [1.165, 1.54) is 0 Å². The fourth-order valence-corrected chi connectivity index (χ4v) is 3.78. The molecule has 0 saturated heterocycles. The summed E-state index contributed by atoms with van der Waals surface area (Å²) in [5.74, 6) is -3.18. The summed E-state index contributed by atoms with van der Waals surface area (Å²) >= 11 is 0. The van der Waals surface area contributed by atoms with Crippen molar-refractivity contribution >= 4 is 28.5 Å². The van der Waals surface area contributed by atoms with Crippen LogP contribution >= 0.6 is 0 Å². The molecule has 3 rings (SSSR count). The van der Waals surface area contributed by atoms with Crippen molar-refractivity contribution in [1.29, 1.82) is 0 Å². The van der Waals surface area contributed by atoms with Crippen LogP contribution in [0.15, 0.2) is 84.9 Å². The zero-order valence-corrected chi connectivity index (χ0v) is 16.4. The Morgan fingerprint density at radius 1 is 0.833 bits per heavy atom. The first-order chi connectivity index (χ1) is 14.4. The minimum absolute atomic E-state index is 0.108. The van der Waals surface area contributed by atoms with Crippen molar-refractivity contribution in [3.63, 3.8) is 0 Å². The molecule has 0 aromatic heterocycles. The van der Waals surface area contributed by atoms with E-state index in [9.17, 15) is 24.6 Å². The Morgan fingerprint density at radius 2 is 1.47 bits per heavy atom. The molecule has 0 amide bonds. The standard InChI is InChI=1S/C25H22O5/c1-17(23(27)28)25(24(29)30,16-20(26)15-14-18-8-3-2-4-9-18)22-13-7-11-19-10-5-6-12-21(19)22/h2-13H,1,14-16H2,(H,27,28)(H,29,30). The summed E-state index contributed by atoms with van der Waals surface area (Å²) in [4.78, 5) is 37.3. The third kappa shape index (κ3) is 4.01. The van der Waals surface area contributed by atoms with E-state index in [2.05, 4.69) is 6.58 Å². The van der Waals surface area contributed by atoms with Gasteiger partial charge in [0.05, 0.1) is 5.57 Å². The molecule has 0 aliphatic heterocycles. The van der Waals surface area contributed by atoms with Gasteiger partial charge in [-0.25, -0.2) is 4.79 Å². The summed E-state index contributed by atoms with van der Waals surface area (Å²) in [6.07, 6.45) is 0.0788. The van der Waals surface area contributed by atoms with E-state index >= 15 is 0 Å². The molecule has 2 N–H and O–H groups in total. The maximum Gasteiger partial charge on any atom is 0.332 e. The van der Waals surface area contributed by atoms with Crippen molar-refractivity contribution < 1.29 is 24.6 Å². The molecule has 3 aromatic carbocycles. The fourth-order valence-electron chi connectivity index (χ4n) is 3.78. The van der Waals surface area contributed by atoms with Crippen LogP contribution in [-0.4, -0.2) is 27.9 Å². The number of carboxylic acids is 2. The third-order valence-electron chi connectivity index (χ3n) is 5.39. The van der Waals surface area contributed by atoms with E-state index in [1.807, 2.05) is 48.5 Å². The van der Waals surface area contributed by atoms with Gasteiger partial charge >= 0.3 is 11.9 Å². The Morgan fingerprint density at radius 3 is 2.13 bits per heavy atom. The minimum atomic E-state index is -2.06. The molecule has 1 unspecified atom stereocenters. The topological polar surface area (TPSA) is 91.7 Å². The van der Waals surface area contributed by atoms with Gasteiger partial charge in [-0.3, -0.25) is 9.59 Å². The number of carbonyl (C=O) groups is 3. The van der Waals surface area contributed by atoms with Gasteiger partial charge in [-0.15, -0.1) is 0 Å². The molecular weight excluding hydrogens is 380 g/mol. The summed E-state index contributed by atoms with van der Waals surface area (Å²) in [6, 6.07) is 21.5. The molecule has 5 nitrogen and oxygen atoms in total. The SMILES string of the molecule is C=C(C(=O)O)C(CC(=O)CCc1ccccc1)(C(=O)O)c1cccc2ccccc12. The molecule has 0 spiro atoms. The van der Waals surface area contributed by atoms with Crippen LogP contribution in [0, 0.1) is 0 Å². The predicted molar refractivity (Wildman–Crippen MR) is 114 cm³/mol. The first-order valence-electron chi connectivity index (χ1n) is 9.56. The molecule has 30 heavy (non-hydrogen) atoms. The number of hydrogen-bond acceptors (Lipinski definition) is 3. The lowest BCUT2D eigenvalue weighted by molar-refractivity contribution is -0.147. The highest BCUT2D eigenvalue weighted by Gasteiger charge is 2.48. The summed E-state index contributed by atoms with van der Waals surface area (Å²) in [7, 11) is 0. The van der Waals surface area contributed by atoms with Crippen molar-refractivity contribution in [3.05, 3.63) is 96.1 Å². The monoisotopic (exact) mass is 402 g/mol. The molecule has 0 fully saturated rings. The van der Waals surface area contributed by atoms with Gasteiger partial charge in [0.2, 0.25) is 0 Å². The highest BCUT2D eigenvalue weighted by atomic mass is 16.4. The predicted octanol–water partition coefficient (Wildman–Crippen LogP) is 4.40. The molecule has 0 heterocycles. The molecule has 152 valence electrons. The number of carboxylic acid groups (broad SMARTS) is 2. The molecule has 0 bridgehead atoms. The normalized spacial score (nSPS) is 12.8. The van der Waals surface area contributed by atoms with Gasteiger partial charge in [0.1, 0.15) is 11.2 Å². The number of rotatable bonds is 9. The number of aryl methyl sites for hydroxylation is 1. The van der Waals surface area contributed by atoms with Crippen molar-refractivity contribution in [2.45, 2.75) is 24.7 Å². The van der Waals surface area contributed by atoms with E-state index in [0.29, 0.717) is 11.8 Å². The van der Waals surface area contributed by atoms with Gasteiger partial charge in [0.25, 0.3) is 0 Å². The summed E-state index contributed by atoms with van der Waals surface area (Å²) in [6.45, 7) is 3.57. The van der Waals surface area contributed by atoms with Gasteiger partial charge in [-0.1, -0.05) is 79.4 Å². The second kappa shape index (κ2) is 8.74. The van der Waals surface area contributed by atoms with Gasteiger partial charge in [-0.05, 0) is 28.3 Å². The lowest BCUT2D eigenvalue weighted by Crippen LogP contribution is -2.42. The van der Waals surface area contributed by atoms with E-state index in [-0.39, 0.29) is 17.8 Å². The number of carbonyl (C=O) groups excluding carboxylic acids is 1. The van der Waals surface area contributed by atoms with Crippen LogP contribution in [0.1, 0.15) is 24.0 Å². The van der Waals surface area contributed by atoms with Crippen LogP contribution in [0.2, 0.25) is 0 Å². The second-order valence-corrected chi connectivity index (χ2v) is 7.22. The molecule has 3 aromatic rings. The Bertz CT molecular complexity index is 1110. The number of aliphatic carboxylic acids is 2. The molecule has 0 radical (unpaired) electrons.